The molecule has 2 aromatic rings. The van der Waals surface area contributed by atoms with Gasteiger partial charge in [0.25, 0.3) is 0 Å². The Morgan fingerprint density at radius 3 is 2.71 bits per heavy atom. The van der Waals surface area contributed by atoms with Gasteiger partial charge in [0, 0.05) is 23.0 Å². The monoisotopic (exact) mass is 413 g/mol. The molecule has 0 aliphatic carbocycles. The van der Waals surface area contributed by atoms with E-state index in [0.717, 1.165) is 16.8 Å². The fourth-order valence-corrected chi connectivity index (χ4v) is 4.96. The fourth-order valence-electron chi connectivity index (χ4n) is 3.63. The number of rotatable bonds is 2. The Hall–Kier alpha value is -2.49. The van der Waals surface area contributed by atoms with Gasteiger partial charge in [-0.15, -0.1) is 0 Å². The largest absolute Gasteiger partial charge is 0.343 e. The second-order valence-corrected chi connectivity index (χ2v) is 8.14. The molecule has 2 aliphatic rings. The topological polar surface area (TPSA) is 47.3 Å². The molecule has 1 saturated heterocycles. The van der Waals surface area contributed by atoms with E-state index in [1.807, 2.05) is 25.1 Å². The molecule has 0 unspecified atom stereocenters. The smallest absolute Gasteiger partial charge is 0.229 e. The summed E-state index contributed by atoms with van der Waals surface area (Å²) in [7, 11) is 0. The highest BCUT2D eigenvalue weighted by atomic mass is 35.5. The number of halogens is 2. The van der Waals surface area contributed by atoms with Crippen molar-refractivity contribution in [3.8, 4) is 6.07 Å². The fraction of sp³-hybridized carbons (Fsp3) is 0.238. The van der Waals surface area contributed by atoms with Crippen LogP contribution in [-0.2, 0) is 4.79 Å². The number of thioether (sulfide) groups is 1. The summed E-state index contributed by atoms with van der Waals surface area (Å²) in [5, 5.41) is 11.2. The second-order valence-electron chi connectivity index (χ2n) is 6.80. The minimum Gasteiger partial charge on any atom is -0.343 e. The van der Waals surface area contributed by atoms with Crippen LogP contribution in [-0.4, -0.2) is 23.4 Å². The lowest BCUT2D eigenvalue weighted by molar-refractivity contribution is -0.129. The third-order valence-electron chi connectivity index (χ3n) is 5.15. The first-order valence-electron chi connectivity index (χ1n) is 8.82. The number of hydrogen-bond donors (Lipinski definition) is 0. The third kappa shape index (κ3) is 3.25. The number of hydrogen-bond acceptors (Lipinski definition) is 4. The van der Waals surface area contributed by atoms with Gasteiger partial charge in [-0.25, -0.2) is 4.39 Å². The number of nitriles is 1. The van der Waals surface area contributed by atoms with Crippen LogP contribution in [0.5, 0.6) is 0 Å². The number of allylic oxidation sites excluding steroid dienone is 1. The minimum absolute atomic E-state index is 0.0415. The summed E-state index contributed by atoms with van der Waals surface area (Å²) in [4.78, 5) is 16.7. The Morgan fingerprint density at radius 1 is 1.25 bits per heavy atom. The van der Waals surface area contributed by atoms with Crippen LogP contribution < -0.4 is 4.90 Å². The van der Waals surface area contributed by atoms with Crippen molar-refractivity contribution in [2.24, 2.45) is 0 Å². The van der Waals surface area contributed by atoms with Crippen LogP contribution in [0.2, 0.25) is 5.02 Å². The molecule has 0 aromatic heterocycles. The molecular formula is C21H17ClFN3OS. The van der Waals surface area contributed by atoms with E-state index in [9.17, 15) is 14.4 Å². The summed E-state index contributed by atoms with van der Waals surface area (Å²) in [6.07, 6.45) is 0.195. The molecule has 1 atom stereocenters. The molecule has 1 fully saturated rings. The zero-order chi connectivity index (χ0) is 19.8. The molecule has 0 spiro atoms. The maximum absolute atomic E-state index is 13.3. The molecule has 4 nitrogen and oxygen atoms in total. The van der Waals surface area contributed by atoms with Crippen LogP contribution in [0.1, 0.15) is 23.5 Å². The maximum Gasteiger partial charge on any atom is 0.229 e. The Morgan fingerprint density at radius 2 is 2.00 bits per heavy atom. The van der Waals surface area contributed by atoms with Gasteiger partial charge >= 0.3 is 0 Å². The summed E-state index contributed by atoms with van der Waals surface area (Å²) in [6, 6.07) is 14.0. The summed E-state index contributed by atoms with van der Waals surface area (Å²) in [6.45, 7) is 2.33. The predicted octanol–water partition coefficient (Wildman–Crippen LogP) is 5.01. The number of nitrogens with zero attached hydrogens (tertiary/aromatic N) is 3. The highest BCUT2D eigenvalue weighted by Gasteiger charge is 2.38. The van der Waals surface area contributed by atoms with Gasteiger partial charge < -0.3 is 4.90 Å². The van der Waals surface area contributed by atoms with Crippen molar-refractivity contribution in [2.45, 2.75) is 19.3 Å². The zero-order valence-electron chi connectivity index (χ0n) is 15.2. The SMILES string of the molecule is Cc1c(Cl)cccc1N1CSC2=C(C#N)[C@@H](c3ccc(F)cc3)CC(=O)N2C1. The zero-order valence-corrected chi connectivity index (χ0v) is 16.7. The number of amides is 1. The van der Waals surface area contributed by atoms with E-state index >= 15 is 0 Å². The highest BCUT2D eigenvalue weighted by molar-refractivity contribution is 8.03. The van der Waals surface area contributed by atoms with E-state index in [1.165, 1.54) is 23.9 Å². The van der Waals surface area contributed by atoms with Crippen LogP contribution in [0.15, 0.2) is 53.1 Å². The molecule has 1 amide bonds. The quantitative estimate of drug-likeness (QED) is 0.694. The molecule has 2 aromatic carbocycles. The van der Waals surface area contributed by atoms with Gasteiger partial charge in [0.05, 0.1) is 29.2 Å². The van der Waals surface area contributed by atoms with Crippen molar-refractivity contribution in [2.75, 3.05) is 17.4 Å². The molecule has 2 aliphatic heterocycles. The van der Waals surface area contributed by atoms with Crippen molar-refractivity contribution in [3.63, 3.8) is 0 Å². The average Bonchev–Trinajstić information content (AvgIpc) is 2.70. The molecule has 0 bridgehead atoms. The first kappa shape index (κ1) is 18.9. The van der Waals surface area contributed by atoms with Gasteiger partial charge in [0.1, 0.15) is 5.82 Å². The lowest BCUT2D eigenvalue weighted by Gasteiger charge is -2.42. The van der Waals surface area contributed by atoms with Gasteiger partial charge in [0.15, 0.2) is 0 Å². The van der Waals surface area contributed by atoms with Gasteiger partial charge in [-0.1, -0.05) is 41.6 Å². The van der Waals surface area contributed by atoms with Gasteiger partial charge in [-0.3, -0.25) is 9.69 Å². The number of carbonyl (C=O) groups excluding carboxylic acids is 1. The van der Waals surface area contributed by atoms with Crippen LogP contribution in [0.4, 0.5) is 10.1 Å². The number of carbonyl (C=O) groups is 1. The Bertz CT molecular complexity index is 1020. The van der Waals surface area contributed by atoms with Crippen molar-refractivity contribution >= 4 is 35.0 Å². The van der Waals surface area contributed by atoms with Crippen molar-refractivity contribution in [3.05, 3.63) is 75.0 Å². The Labute approximate surface area is 172 Å². The molecule has 0 N–H and O–H groups in total. The summed E-state index contributed by atoms with van der Waals surface area (Å²) in [5.41, 5.74) is 3.29. The molecule has 4 rings (SSSR count). The van der Waals surface area contributed by atoms with Crippen LogP contribution in [0.3, 0.4) is 0 Å². The van der Waals surface area contributed by atoms with Crippen LogP contribution in [0, 0.1) is 24.1 Å². The summed E-state index contributed by atoms with van der Waals surface area (Å²) >= 11 is 7.72. The van der Waals surface area contributed by atoms with E-state index in [1.54, 1.807) is 17.0 Å². The maximum atomic E-state index is 13.3. The number of benzene rings is 2. The van der Waals surface area contributed by atoms with Gasteiger partial charge in [-0.05, 0) is 42.3 Å². The van der Waals surface area contributed by atoms with Crippen molar-refractivity contribution < 1.29 is 9.18 Å². The lowest BCUT2D eigenvalue weighted by atomic mass is 9.86. The molecule has 0 radical (unpaired) electrons. The van der Waals surface area contributed by atoms with Gasteiger partial charge in [-0.2, -0.15) is 5.26 Å². The summed E-state index contributed by atoms with van der Waals surface area (Å²) in [5.74, 6) is -0.100. The normalized spacial score (nSPS) is 19.5. The number of fused-ring (bicyclic) bond motifs is 1. The van der Waals surface area contributed by atoms with Crippen LogP contribution >= 0.6 is 23.4 Å². The summed E-state index contributed by atoms with van der Waals surface area (Å²) < 4.78 is 13.3. The molecule has 142 valence electrons. The first-order chi connectivity index (χ1) is 13.5. The Kier molecular flexibility index (Phi) is 5.05. The van der Waals surface area contributed by atoms with E-state index < -0.39 is 0 Å². The Balaban J connectivity index is 1.68. The molecule has 0 saturated carbocycles. The molecule has 7 heteroatoms. The van der Waals surface area contributed by atoms with E-state index in [2.05, 4.69) is 11.0 Å². The minimum atomic E-state index is -0.337. The molecule has 2 heterocycles. The highest BCUT2D eigenvalue weighted by Crippen LogP contribution is 2.43. The van der Waals surface area contributed by atoms with Crippen molar-refractivity contribution in [1.29, 1.82) is 5.26 Å². The van der Waals surface area contributed by atoms with Crippen LogP contribution in [0.25, 0.3) is 0 Å². The van der Waals surface area contributed by atoms with Crippen molar-refractivity contribution in [1.82, 2.24) is 4.90 Å². The number of anilines is 1. The van der Waals surface area contributed by atoms with Gasteiger partial charge in [0.2, 0.25) is 5.91 Å². The first-order valence-corrected chi connectivity index (χ1v) is 10.2. The lowest BCUT2D eigenvalue weighted by Crippen LogP contribution is -2.47. The van der Waals surface area contributed by atoms with E-state index in [0.29, 0.717) is 28.2 Å². The molecular weight excluding hydrogens is 397 g/mol. The standard InChI is InChI=1S/C21H17ClFN3OS/c1-13-18(22)3-2-4-19(13)25-11-26-20(27)9-16(14-5-7-15(23)8-6-14)17(10-24)21(26)28-12-25/h2-8,16H,9,11-12H2,1H3/t16-/m1/s1. The van der Waals surface area contributed by atoms with E-state index in [4.69, 9.17) is 11.6 Å². The predicted molar refractivity (Wildman–Crippen MR) is 109 cm³/mol. The second kappa shape index (κ2) is 7.50. The van der Waals surface area contributed by atoms with E-state index in [-0.39, 0.29) is 24.1 Å². The molecule has 28 heavy (non-hydrogen) atoms. The average molecular weight is 414 g/mol. The third-order valence-corrected chi connectivity index (χ3v) is 6.71.